The largest absolute Gasteiger partial charge is 0.493 e. The molecule has 4 aromatic carbocycles. The molecule has 0 unspecified atom stereocenters. The zero-order chi connectivity index (χ0) is 34.1. The van der Waals surface area contributed by atoms with E-state index in [-0.39, 0.29) is 23.6 Å². The molecule has 0 spiro atoms. The molecule has 1 aliphatic heterocycles. The van der Waals surface area contributed by atoms with Gasteiger partial charge in [0, 0.05) is 34.8 Å². The fourth-order valence-electron chi connectivity index (χ4n) is 6.23. The highest BCUT2D eigenvalue weighted by Gasteiger charge is 2.35. The topological polar surface area (TPSA) is 84.1 Å². The molecule has 2 aromatic heterocycles. The normalized spacial score (nSPS) is 14.4. The first kappa shape index (κ1) is 31.8. The second-order valence-electron chi connectivity index (χ2n) is 11.4. The van der Waals surface area contributed by atoms with Crippen LogP contribution in [0.4, 0.5) is 4.39 Å². The van der Waals surface area contributed by atoms with Crippen molar-refractivity contribution in [2.24, 2.45) is 4.99 Å². The van der Waals surface area contributed by atoms with Crippen molar-refractivity contribution >= 4 is 40.0 Å². The lowest BCUT2D eigenvalue weighted by molar-refractivity contribution is -0.138. The van der Waals surface area contributed by atoms with Gasteiger partial charge >= 0.3 is 5.97 Å². The maximum absolute atomic E-state index is 14.5. The second kappa shape index (κ2) is 13.4. The number of methoxy groups -OCH3 is 2. The van der Waals surface area contributed by atoms with Crippen LogP contribution in [-0.4, -0.2) is 35.9 Å². The molecule has 0 saturated carbocycles. The average molecular weight is 674 g/mol. The molecule has 8 nitrogen and oxygen atoms in total. The Labute approximate surface area is 285 Å². The third-order valence-corrected chi connectivity index (χ3v) is 9.45. The summed E-state index contributed by atoms with van der Waals surface area (Å²) in [5.41, 5.74) is 4.50. The van der Waals surface area contributed by atoms with Crippen LogP contribution in [0.5, 0.6) is 11.5 Å². The number of thiazole rings is 1. The molecule has 0 saturated heterocycles. The first-order chi connectivity index (χ1) is 23.9. The molecule has 0 amide bonds. The average Bonchev–Trinajstić information content (AvgIpc) is 3.64. The summed E-state index contributed by atoms with van der Waals surface area (Å²) in [6.45, 7) is 2.42. The molecule has 1 aliphatic rings. The van der Waals surface area contributed by atoms with Crippen molar-refractivity contribution < 1.29 is 23.4 Å². The Morgan fingerprint density at radius 1 is 0.939 bits per heavy atom. The fourth-order valence-corrected chi connectivity index (χ4v) is 7.22. The molecule has 7 rings (SSSR count). The summed E-state index contributed by atoms with van der Waals surface area (Å²) >= 11 is 1.26. The summed E-state index contributed by atoms with van der Waals surface area (Å²) in [7, 11) is 3.09. The third kappa shape index (κ3) is 5.95. The molecule has 0 radical (unpaired) electrons. The van der Waals surface area contributed by atoms with Crippen LogP contribution in [0.2, 0.25) is 0 Å². The lowest BCUT2D eigenvalue weighted by Crippen LogP contribution is -2.40. The number of carbonyl (C=O) groups excluding carboxylic acids is 1. The minimum Gasteiger partial charge on any atom is -0.493 e. The number of fused-ring (bicyclic) bond motifs is 2. The van der Waals surface area contributed by atoms with Crippen LogP contribution in [-0.2, 0) is 16.1 Å². The number of esters is 1. The molecular formula is C39H32FN3O5S. The fraction of sp³-hybridized carbons (Fsp3) is 0.154. The van der Waals surface area contributed by atoms with E-state index in [1.54, 1.807) is 42.9 Å². The monoisotopic (exact) mass is 673 g/mol. The van der Waals surface area contributed by atoms with Gasteiger partial charge in [0.05, 0.1) is 42.7 Å². The standard InChI is InChI=1S/C39H32FN3O5S/c1-4-48-38(45)34-35(25-10-6-5-7-11-25)41-39-43(36(34)26-16-19-31(46-2)32(20-26)47-3)37(44)33(49-39)21-27-23-42(30-13-9-8-12-29(27)30)22-24-14-17-28(40)18-15-24/h5-21,23,36H,4,22H2,1-3H3/b33-21+/t36-/m0/s1. The Kier molecular flexibility index (Phi) is 8.71. The zero-order valence-corrected chi connectivity index (χ0v) is 27.9. The van der Waals surface area contributed by atoms with E-state index in [9.17, 15) is 14.0 Å². The van der Waals surface area contributed by atoms with Crippen LogP contribution >= 0.6 is 11.3 Å². The molecule has 0 bridgehead atoms. The molecule has 0 aliphatic carbocycles. The van der Waals surface area contributed by atoms with Crippen LogP contribution in [0.15, 0.2) is 119 Å². The quantitative estimate of drug-likeness (QED) is 0.174. The minimum absolute atomic E-state index is 0.148. The number of carbonyl (C=O) groups is 1. The molecular weight excluding hydrogens is 642 g/mol. The maximum Gasteiger partial charge on any atom is 0.338 e. The Morgan fingerprint density at radius 3 is 2.41 bits per heavy atom. The molecule has 246 valence electrons. The smallest absolute Gasteiger partial charge is 0.338 e. The number of benzene rings is 4. The number of rotatable bonds is 9. The maximum atomic E-state index is 14.5. The van der Waals surface area contributed by atoms with Crippen molar-refractivity contribution in [3.63, 3.8) is 0 Å². The van der Waals surface area contributed by atoms with Gasteiger partial charge in [-0.1, -0.05) is 78.1 Å². The highest BCUT2D eigenvalue weighted by Crippen LogP contribution is 2.38. The first-order valence-electron chi connectivity index (χ1n) is 15.7. The van der Waals surface area contributed by atoms with Crippen molar-refractivity contribution in [1.29, 1.82) is 0 Å². The number of ether oxygens (including phenoxy) is 3. The van der Waals surface area contributed by atoms with E-state index < -0.39 is 12.0 Å². The van der Waals surface area contributed by atoms with E-state index in [1.807, 2.05) is 72.9 Å². The zero-order valence-electron chi connectivity index (χ0n) is 27.1. The predicted octanol–water partition coefficient (Wildman–Crippen LogP) is 6.09. The second-order valence-corrected chi connectivity index (χ2v) is 12.4. The van der Waals surface area contributed by atoms with Gasteiger partial charge < -0.3 is 18.8 Å². The SMILES string of the molecule is CCOC(=O)C1=C(c2ccccc2)N=c2s/c(=C/c3cn(Cc4ccc(F)cc4)c4ccccc34)c(=O)n2[C@H]1c1ccc(OC)c(OC)c1. The highest BCUT2D eigenvalue weighted by atomic mass is 32.1. The minimum atomic E-state index is -0.868. The molecule has 3 heterocycles. The van der Waals surface area contributed by atoms with Crippen molar-refractivity contribution in [2.45, 2.75) is 19.5 Å². The Bertz CT molecular complexity index is 2410. The Morgan fingerprint density at radius 2 is 1.67 bits per heavy atom. The highest BCUT2D eigenvalue weighted by molar-refractivity contribution is 7.07. The number of aromatic nitrogens is 2. The van der Waals surface area contributed by atoms with Crippen LogP contribution in [0.25, 0.3) is 22.7 Å². The van der Waals surface area contributed by atoms with Gasteiger partial charge in [-0.05, 0) is 54.5 Å². The number of nitrogens with zero attached hydrogens (tertiary/aromatic N) is 3. The summed E-state index contributed by atoms with van der Waals surface area (Å²) in [5, 5.41) is 0.962. The van der Waals surface area contributed by atoms with Gasteiger partial charge in [-0.2, -0.15) is 0 Å². The summed E-state index contributed by atoms with van der Waals surface area (Å²) in [6, 6.07) is 28.3. The van der Waals surface area contributed by atoms with Crippen LogP contribution in [0.3, 0.4) is 0 Å². The molecule has 6 aromatic rings. The summed E-state index contributed by atoms with van der Waals surface area (Å²) in [6.07, 6.45) is 3.87. The molecule has 0 fully saturated rings. The van der Waals surface area contributed by atoms with Crippen LogP contribution in [0, 0.1) is 5.82 Å². The number of para-hydroxylation sites is 1. The van der Waals surface area contributed by atoms with Crippen molar-refractivity contribution in [2.75, 3.05) is 20.8 Å². The first-order valence-corrected chi connectivity index (χ1v) is 16.5. The van der Waals surface area contributed by atoms with Crippen molar-refractivity contribution in [3.05, 3.63) is 157 Å². The lowest BCUT2D eigenvalue weighted by Gasteiger charge is -2.26. The van der Waals surface area contributed by atoms with E-state index in [0.717, 1.165) is 27.6 Å². The van der Waals surface area contributed by atoms with E-state index in [0.29, 0.717) is 38.6 Å². The van der Waals surface area contributed by atoms with Crippen LogP contribution in [0.1, 0.15) is 35.2 Å². The summed E-state index contributed by atoms with van der Waals surface area (Å²) < 4.78 is 34.4. The van der Waals surface area contributed by atoms with Gasteiger partial charge in [0.1, 0.15) is 5.82 Å². The molecule has 1 atom stereocenters. The van der Waals surface area contributed by atoms with E-state index in [1.165, 1.54) is 30.6 Å². The number of hydrogen-bond donors (Lipinski definition) is 0. The van der Waals surface area contributed by atoms with Gasteiger partial charge in [-0.25, -0.2) is 14.2 Å². The van der Waals surface area contributed by atoms with Gasteiger partial charge in [-0.15, -0.1) is 0 Å². The third-order valence-electron chi connectivity index (χ3n) is 8.47. The Balaban J connectivity index is 1.46. The van der Waals surface area contributed by atoms with Gasteiger partial charge in [0.2, 0.25) is 0 Å². The van der Waals surface area contributed by atoms with Crippen molar-refractivity contribution in [3.8, 4) is 11.5 Å². The number of halogens is 1. The summed E-state index contributed by atoms with van der Waals surface area (Å²) in [4.78, 5) is 33.8. The molecule has 49 heavy (non-hydrogen) atoms. The van der Waals surface area contributed by atoms with E-state index >= 15 is 0 Å². The predicted molar refractivity (Wildman–Crippen MR) is 188 cm³/mol. The van der Waals surface area contributed by atoms with Crippen molar-refractivity contribution in [1.82, 2.24) is 9.13 Å². The van der Waals surface area contributed by atoms with Crippen LogP contribution < -0.4 is 24.4 Å². The van der Waals surface area contributed by atoms with E-state index in [4.69, 9.17) is 19.2 Å². The van der Waals surface area contributed by atoms with E-state index in [2.05, 4.69) is 4.57 Å². The molecule has 0 N–H and O–H groups in total. The van der Waals surface area contributed by atoms with Gasteiger partial charge in [0.25, 0.3) is 5.56 Å². The molecule has 10 heteroatoms. The van der Waals surface area contributed by atoms with Gasteiger partial charge in [0.15, 0.2) is 16.3 Å². The van der Waals surface area contributed by atoms with Gasteiger partial charge in [-0.3, -0.25) is 9.36 Å². The summed E-state index contributed by atoms with van der Waals surface area (Å²) in [5.74, 6) is 0.117. The number of hydrogen-bond acceptors (Lipinski definition) is 7. The lowest BCUT2D eigenvalue weighted by atomic mass is 9.93. The Hall–Kier alpha value is -5.74.